The Balaban J connectivity index is 1.63. The van der Waals surface area contributed by atoms with Crippen molar-refractivity contribution >= 4 is 40.8 Å². The summed E-state index contributed by atoms with van der Waals surface area (Å²) in [6.45, 7) is 1.68. The second-order valence-corrected chi connectivity index (χ2v) is 7.75. The highest BCUT2D eigenvalue weighted by molar-refractivity contribution is 6.33. The molecule has 0 spiro atoms. The number of hydrogen-bond acceptors (Lipinski definition) is 8. The van der Waals surface area contributed by atoms with Crippen LogP contribution in [0.15, 0.2) is 6.20 Å². The molecular formula is C17H20Cl2FN7O5. The van der Waals surface area contributed by atoms with E-state index >= 15 is 0 Å². The van der Waals surface area contributed by atoms with Gasteiger partial charge in [0.25, 0.3) is 0 Å². The van der Waals surface area contributed by atoms with E-state index in [2.05, 4.69) is 20.4 Å². The molecule has 1 saturated heterocycles. The molecule has 2 atom stereocenters. The molecule has 0 aliphatic carbocycles. The first-order valence-electron chi connectivity index (χ1n) is 9.59. The number of hydrogen-bond donors (Lipinski definition) is 2. The van der Waals surface area contributed by atoms with E-state index in [-0.39, 0.29) is 53.7 Å². The zero-order valence-corrected chi connectivity index (χ0v) is 18.4. The van der Waals surface area contributed by atoms with Crippen LogP contribution in [-0.2, 0) is 0 Å². The summed E-state index contributed by atoms with van der Waals surface area (Å²) in [6, 6.07) is -0.826. The van der Waals surface area contributed by atoms with Gasteiger partial charge in [-0.3, -0.25) is 14.8 Å². The number of carbonyl (C=O) groups is 1. The van der Waals surface area contributed by atoms with Crippen molar-refractivity contribution in [1.29, 1.82) is 0 Å². The molecule has 174 valence electrons. The number of amides is 1. The van der Waals surface area contributed by atoms with Gasteiger partial charge in [-0.1, -0.05) is 11.6 Å². The van der Waals surface area contributed by atoms with Crippen LogP contribution in [0.3, 0.4) is 0 Å². The van der Waals surface area contributed by atoms with Crippen molar-refractivity contribution in [2.75, 3.05) is 31.6 Å². The summed E-state index contributed by atoms with van der Waals surface area (Å²) in [5.74, 6) is 0.128. The lowest BCUT2D eigenvalue weighted by atomic mass is 10.0. The molecule has 1 fully saturated rings. The van der Waals surface area contributed by atoms with Gasteiger partial charge in [-0.25, -0.2) is 14.2 Å². The number of piperidine rings is 1. The van der Waals surface area contributed by atoms with Gasteiger partial charge in [0.15, 0.2) is 0 Å². The number of nitrogens with one attached hydrogen (secondary N) is 1. The molecule has 0 aromatic carbocycles. The smallest absolute Gasteiger partial charge is 0.407 e. The van der Waals surface area contributed by atoms with Crippen LogP contribution in [0.25, 0.3) is 0 Å². The fraction of sp³-hybridized carbons (Fsp3) is 0.529. The number of halogens is 3. The maximum atomic E-state index is 14.6. The number of likely N-dealkylation sites (tertiary alicyclic amines) is 1. The summed E-state index contributed by atoms with van der Waals surface area (Å²) in [4.78, 5) is 30.6. The zero-order valence-electron chi connectivity index (χ0n) is 16.9. The van der Waals surface area contributed by atoms with Gasteiger partial charge in [-0.15, -0.1) is 5.10 Å². The van der Waals surface area contributed by atoms with E-state index in [1.165, 1.54) is 17.8 Å². The van der Waals surface area contributed by atoms with Gasteiger partial charge in [0.1, 0.15) is 22.7 Å². The predicted octanol–water partition coefficient (Wildman–Crippen LogP) is 3.34. The number of ether oxygens (including phenoxy) is 1. The van der Waals surface area contributed by atoms with Crippen molar-refractivity contribution in [2.45, 2.75) is 32.0 Å². The lowest BCUT2D eigenvalue weighted by Gasteiger charge is -2.33. The number of nitrogens with zero attached hydrogens (tertiary/aromatic N) is 6. The van der Waals surface area contributed by atoms with Crippen LogP contribution >= 0.6 is 23.2 Å². The maximum absolute atomic E-state index is 14.6. The van der Waals surface area contributed by atoms with E-state index < -0.39 is 23.2 Å². The minimum atomic E-state index is -1.56. The van der Waals surface area contributed by atoms with Crippen LogP contribution in [0.2, 0.25) is 10.3 Å². The molecule has 2 aromatic rings. The van der Waals surface area contributed by atoms with E-state index in [1.807, 2.05) is 0 Å². The second kappa shape index (κ2) is 10.1. The molecule has 0 radical (unpaired) electrons. The van der Waals surface area contributed by atoms with Crippen molar-refractivity contribution < 1.29 is 24.0 Å². The Bertz CT molecular complexity index is 1010. The fourth-order valence-electron chi connectivity index (χ4n) is 3.37. The van der Waals surface area contributed by atoms with Gasteiger partial charge < -0.3 is 20.1 Å². The summed E-state index contributed by atoms with van der Waals surface area (Å²) in [5.41, 5.74) is -0.210. The van der Waals surface area contributed by atoms with Crippen LogP contribution in [0, 0.1) is 17.0 Å². The van der Waals surface area contributed by atoms with Crippen LogP contribution in [0.1, 0.15) is 24.6 Å². The monoisotopic (exact) mass is 491 g/mol. The maximum Gasteiger partial charge on any atom is 0.407 e. The summed E-state index contributed by atoms with van der Waals surface area (Å²) in [6.07, 6.45) is -0.854. The summed E-state index contributed by atoms with van der Waals surface area (Å²) >= 11 is 11.7. The topological polar surface area (TPSA) is 149 Å². The number of nitro groups is 1. The average molecular weight is 492 g/mol. The van der Waals surface area contributed by atoms with Crippen molar-refractivity contribution in [3.05, 3.63) is 32.3 Å². The quantitative estimate of drug-likeness (QED) is 0.245. The van der Waals surface area contributed by atoms with E-state index in [4.69, 9.17) is 33.0 Å². The van der Waals surface area contributed by atoms with Gasteiger partial charge in [0.05, 0.1) is 30.3 Å². The predicted molar refractivity (Wildman–Crippen MR) is 112 cm³/mol. The number of carboxylic acid groups (broad SMARTS) is 1. The average Bonchev–Trinajstić information content (AvgIpc) is 3.06. The number of aromatic nitrogens is 4. The van der Waals surface area contributed by atoms with Crippen molar-refractivity contribution in [1.82, 2.24) is 24.6 Å². The third-order valence-corrected chi connectivity index (χ3v) is 5.39. The molecule has 0 bridgehead atoms. The van der Waals surface area contributed by atoms with Gasteiger partial charge in [-0.05, 0) is 31.4 Å². The molecule has 0 saturated carbocycles. The Hall–Kier alpha value is -2.93. The molecular weight excluding hydrogens is 472 g/mol. The van der Waals surface area contributed by atoms with Gasteiger partial charge in [0, 0.05) is 13.1 Å². The minimum Gasteiger partial charge on any atom is -0.472 e. The van der Waals surface area contributed by atoms with Crippen molar-refractivity contribution in [3.8, 4) is 5.88 Å². The van der Waals surface area contributed by atoms with Crippen LogP contribution in [0.5, 0.6) is 5.88 Å². The summed E-state index contributed by atoms with van der Waals surface area (Å²) in [7, 11) is 0. The Morgan fingerprint density at radius 3 is 2.91 bits per heavy atom. The van der Waals surface area contributed by atoms with Crippen LogP contribution in [-0.4, -0.2) is 73.2 Å². The zero-order chi connectivity index (χ0) is 23.4. The number of alkyl halides is 1. The molecule has 2 N–H and O–H groups in total. The van der Waals surface area contributed by atoms with Crippen LogP contribution in [0.4, 0.5) is 20.7 Å². The van der Waals surface area contributed by atoms with Gasteiger partial charge in [-0.2, -0.15) is 4.98 Å². The third kappa shape index (κ3) is 5.27. The molecule has 12 nitrogen and oxygen atoms in total. The van der Waals surface area contributed by atoms with Gasteiger partial charge in [0.2, 0.25) is 5.28 Å². The highest BCUT2D eigenvalue weighted by Crippen LogP contribution is 2.35. The normalized spacial score (nSPS) is 18.4. The molecule has 1 aliphatic rings. The molecule has 15 heteroatoms. The van der Waals surface area contributed by atoms with E-state index in [0.717, 1.165) is 4.90 Å². The Labute approximate surface area is 191 Å². The molecule has 2 unspecified atom stereocenters. The molecule has 2 aromatic heterocycles. The SMILES string of the molecule is Cc1c([N+](=O)[O-])c(OCCCNc2nc(Cl)ncc2Cl)nn1C1CCN(C(=O)O)CC1F. The fourth-order valence-corrected chi connectivity index (χ4v) is 3.66. The highest BCUT2D eigenvalue weighted by Gasteiger charge is 2.37. The molecule has 1 amide bonds. The third-order valence-electron chi connectivity index (χ3n) is 4.93. The summed E-state index contributed by atoms with van der Waals surface area (Å²) < 4.78 is 21.4. The molecule has 3 heterocycles. The first kappa shape index (κ1) is 23.7. The van der Waals surface area contributed by atoms with E-state index in [0.29, 0.717) is 18.8 Å². The Kier molecular flexibility index (Phi) is 7.51. The number of anilines is 1. The first-order valence-corrected chi connectivity index (χ1v) is 10.3. The van der Waals surface area contributed by atoms with Crippen molar-refractivity contribution in [2.24, 2.45) is 0 Å². The molecule has 1 aliphatic heterocycles. The highest BCUT2D eigenvalue weighted by atomic mass is 35.5. The van der Waals surface area contributed by atoms with Crippen molar-refractivity contribution in [3.63, 3.8) is 0 Å². The second-order valence-electron chi connectivity index (χ2n) is 7.01. The standard InChI is InChI=1S/C17H20Cl2FN7O5/c1-9-13(27(30)31)15(24-26(9)12-3-5-25(17(28)29)8-11(12)20)32-6-2-4-21-14-10(18)7-22-16(19)23-14/h7,11-12H,2-6,8H2,1H3,(H,28,29)(H,21,22,23). The molecule has 32 heavy (non-hydrogen) atoms. The molecule has 3 rings (SSSR count). The van der Waals surface area contributed by atoms with E-state index in [1.54, 1.807) is 0 Å². The summed E-state index contributed by atoms with van der Waals surface area (Å²) in [5, 5.41) is 28.0. The van der Waals surface area contributed by atoms with E-state index in [9.17, 15) is 19.3 Å². The Morgan fingerprint density at radius 2 is 2.25 bits per heavy atom. The van der Waals surface area contributed by atoms with Gasteiger partial charge >= 0.3 is 17.7 Å². The Morgan fingerprint density at radius 1 is 1.50 bits per heavy atom. The lowest BCUT2D eigenvalue weighted by Crippen LogP contribution is -2.45. The lowest BCUT2D eigenvalue weighted by molar-refractivity contribution is -0.386. The number of rotatable bonds is 8. The van der Waals surface area contributed by atoms with Crippen LogP contribution < -0.4 is 10.1 Å². The first-order chi connectivity index (χ1) is 15.2. The minimum absolute atomic E-state index is 0.0325. The largest absolute Gasteiger partial charge is 0.472 e.